The Bertz CT molecular complexity index is 802. The molecular weight excluding hydrogens is 316 g/mol. The number of hydrogen-bond donors (Lipinski definition) is 1. The summed E-state index contributed by atoms with van der Waals surface area (Å²) in [7, 11) is -3.11. The van der Waals surface area contributed by atoms with Crippen LogP contribution in [0.15, 0.2) is 30.6 Å². The van der Waals surface area contributed by atoms with E-state index in [1.807, 2.05) is 6.07 Å². The summed E-state index contributed by atoms with van der Waals surface area (Å²) in [5, 5.41) is 6.16. The standard InChI is InChI=1S/C15H18N4O3S/c1-11-5-6-19(7-8-23(11,21)22)15(20)13-4-2-3-12(9-13)14-16-10-17-18-14/h2-4,9-11H,5-8H2,1H3,(H,16,17,18)/t11-/m1/s1. The van der Waals surface area contributed by atoms with Gasteiger partial charge in [-0.1, -0.05) is 12.1 Å². The largest absolute Gasteiger partial charge is 0.338 e. The highest BCUT2D eigenvalue weighted by Gasteiger charge is 2.28. The first-order valence-electron chi connectivity index (χ1n) is 7.44. The van der Waals surface area contributed by atoms with Crippen molar-refractivity contribution in [2.75, 3.05) is 18.8 Å². The van der Waals surface area contributed by atoms with Crippen LogP contribution in [0, 0.1) is 0 Å². The lowest BCUT2D eigenvalue weighted by molar-refractivity contribution is 0.0767. The number of hydrogen-bond acceptors (Lipinski definition) is 5. The molecule has 0 radical (unpaired) electrons. The fourth-order valence-electron chi connectivity index (χ4n) is 2.60. The monoisotopic (exact) mass is 334 g/mol. The smallest absolute Gasteiger partial charge is 0.253 e. The highest BCUT2D eigenvalue weighted by Crippen LogP contribution is 2.19. The normalized spacial score (nSPS) is 20.9. The predicted molar refractivity (Wildman–Crippen MR) is 85.6 cm³/mol. The van der Waals surface area contributed by atoms with Crippen molar-refractivity contribution in [2.24, 2.45) is 0 Å². The van der Waals surface area contributed by atoms with Gasteiger partial charge in [-0.2, -0.15) is 5.10 Å². The van der Waals surface area contributed by atoms with Crippen molar-refractivity contribution in [3.05, 3.63) is 36.2 Å². The minimum absolute atomic E-state index is 0.0156. The van der Waals surface area contributed by atoms with Gasteiger partial charge in [0.1, 0.15) is 6.33 Å². The van der Waals surface area contributed by atoms with Gasteiger partial charge in [0, 0.05) is 24.2 Å². The molecule has 1 atom stereocenters. The number of carbonyl (C=O) groups is 1. The van der Waals surface area contributed by atoms with Crippen LogP contribution in [-0.2, 0) is 9.84 Å². The number of rotatable bonds is 2. The van der Waals surface area contributed by atoms with Crippen molar-refractivity contribution >= 4 is 15.7 Å². The molecule has 7 nitrogen and oxygen atoms in total. The minimum Gasteiger partial charge on any atom is -0.338 e. The molecule has 2 aromatic rings. The number of carbonyl (C=O) groups excluding carboxylic acids is 1. The van der Waals surface area contributed by atoms with Crippen molar-refractivity contribution < 1.29 is 13.2 Å². The van der Waals surface area contributed by atoms with E-state index < -0.39 is 15.1 Å². The Morgan fingerprint density at radius 3 is 2.91 bits per heavy atom. The van der Waals surface area contributed by atoms with Crippen LogP contribution in [-0.4, -0.2) is 58.5 Å². The number of nitrogens with zero attached hydrogens (tertiary/aromatic N) is 3. The van der Waals surface area contributed by atoms with Crippen molar-refractivity contribution in [3.8, 4) is 11.4 Å². The van der Waals surface area contributed by atoms with Crippen LogP contribution in [0.5, 0.6) is 0 Å². The summed E-state index contributed by atoms with van der Waals surface area (Å²) in [6, 6.07) is 7.09. The summed E-state index contributed by atoms with van der Waals surface area (Å²) in [6.45, 7) is 2.39. The first kappa shape index (κ1) is 15.7. The van der Waals surface area contributed by atoms with Crippen molar-refractivity contribution in [1.29, 1.82) is 0 Å². The average Bonchev–Trinajstić information content (AvgIpc) is 3.04. The second kappa shape index (κ2) is 6.11. The summed E-state index contributed by atoms with van der Waals surface area (Å²) in [5.74, 6) is 0.448. The Morgan fingerprint density at radius 2 is 2.17 bits per heavy atom. The van der Waals surface area contributed by atoms with E-state index in [-0.39, 0.29) is 18.2 Å². The summed E-state index contributed by atoms with van der Waals surface area (Å²) >= 11 is 0. The quantitative estimate of drug-likeness (QED) is 0.888. The van der Waals surface area contributed by atoms with Crippen LogP contribution in [0.2, 0.25) is 0 Å². The number of sulfone groups is 1. The molecule has 8 heteroatoms. The first-order valence-corrected chi connectivity index (χ1v) is 9.15. The van der Waals surface area contributed by atoms with E-state index in [0.29, 0.717) is 24.4 Å². The zero-order valence-electron chi connectivity index (χ0n) is 12.8. The lowest BCUT2D eigenvalue weighted by Crippen LogP contribution is -2.33. The van der Waals surface area contributed by atoms with E-state index in [9.17, 15) is 13.2 Å². The molecular formula is C15H18N4O3S. The Labute approximate surface area is 134 Å². The van der Waals surface area contributed by atoms with Gasteiger partial charge in [-0.3, -0.25) is 9.89 Å². The van der Waals surface area contributed by atoms with Gasteiger partial charge in [-0.25, -0.2) is 13.4 Å². The molecule has 1 aliphatic rings. The van der Waals surface area contributed by atoms with E-state index >= 15 is 0 Å². The first-order chi connectivity index (χ1) is 11.0. The van der Waals surface area contributed by atoms with Gasteiger partial charge in [0.15, 0.2) is 15.7 Å². The number of H-pyrrole nitrogens is 1. The molecule has 0 aliphatic carbocycles. The zero-order chi connectivity index (χ0) is 16.4. The minimum atomic E-state index is -3.11. The summed E-state index contributed by atoms with van der Waals surface area (Å²) in [4.78, 5) is 18.4. The van der Waals surface area contributed by atoms with Gasteiger partial charge in [0.2, 0.25) is 0 Å². The molecule has 1 aliphatic heterocycles. The molecule has 2 heterocycles. The third-order valence-corrected chi connectivity index (χ3v) is 6.36. The fraction of sp³-hybridized carbons (Fsp3) is 0.400. The molecule has 3 rings (SSSR count). The Balaban J connectivity index is 1.82. The van der Waals surface area contributed by atoms with Gasteiger partial charge in [0.25, 0.3) is 5.91 Å². The number of aromatic nitrogens is 3. The fourth-order valence-corrected chi connectivity index (χ4v) is 3.94. The van der Waals surface area contributed by atoms with E-state index in [1.54, 1.807) is 30.0 Å². The molecule has 1 saturated heterocycles. The Kier molecular flexibility index (Phi) is 4.16. The molecule has 1 N–H and O–H groups in total. The van der Waals surface area contributed by atoms with Gasteiger partial charge < -0.3 is 4.90 Å². The van der Waals surface area contributed by atoms with E-state index in [1.165, 1.54) is 6.33 Å². The Hall–Kier alpha value is -2.22. The third-order valence-electron chi connectivity index (χ3n) is 4.15. The van der Waals surface area contributed by atoms with E-state index in [4.69, 9.17) is 0 Å². The molecule has 1 amide bonds. The number of nitrogens with one attached hydrogen (secondary N) is 1. The molecule has 1 fully saturated rings. The second-order valence-corrected chi connectivity index (χ2v) is 8.21. The molecule has 122 valence electrons. The maximum absolute atomic E-state index is 12.7. The third kappa shape index (κ3) is 3.26. The maximum atomic E-state index is 12.7. The van der Waals surface area contributed by atoms with Crippen LogP contribution in [0.25, 0.3) is 11.4 Å². The number of benzene rings is 1. The van der Waals surface area contributed by atoms with Crippen molar-refractivity contribution in [3.63, 3.8) is 0 Å². The highest BCUT2D eigenvalue weighted by molar-refractivity contribution is 7.92. The van der Waals surface area contributed by atoms with Gasteiger partial charge >= 0.3 is 0 Å². The molecule has 1 aromatic heterocycles. The summed E-state index contributed by atoms with van der Waals surface area (Å²) < 4.78 is 23.9. The Morgan fingerprint density at radius 1 is 1.35 bits per heavy atom. The SMILES string of the molecule is C[C@@H]1CCN(C(=O)c2cccc(-c3ncn[nH]3)c2)CCS1(=O)=O. The van der Waals surface area contributed by atoms with Gasteiger partial charge in [0.05, 0.1) is 11.0 Å². The van der Waals surface area contributed by atoms with Gasteiger partial charge in [-0.15, -0.1) is 0 Å². The lowest BCUT2D eigenvalue weighted by Gasteiger charge is -2.20. The molecule has 23 heavy (non-hydrogen) atoms. The van der Waals surface area contributed by atoms with E-state index in [0.717, 1.165) is 5.56 Å². The van der Waals surface area contributed by atoms with Crippen LogP contribution in [0.1, 0.15) is 23.7 Å². The predicted octanol–water partition coefficient (Wildman–Crippen LogP) is 1.12. The molecule has 0 spiro atoms. The molecule has 1 aromatic carbocycles. The second-order valence-electron chi connectivity index (χ2n) is 5.67. The topological polar surface area (TPSA) is 96.0 Å². The zero-order valence-corrected chi connectivity index (χ0v) is 13.6. The highest BCUT2D eigenvalue weighted by atomic mass is 32.2. The van der Waals surface area contributed by atoms with Crippen LogP contribution >= 0.6 is 0 Å². The van der Waals surface area contributed by atoms with Gasteiger partial charge in [-0.05, 0) is 25.5 Å². The van der Waals surface area contributed by atoms with E-state index in [2.05, 4.69) is 15.2 Å². The van der Waals surface area contributed by atoms with Crippen LogP contribution in [0.3, 0.4) is 0 Å². The number of aromatic amines is 1. The lowest BCUT2D eigenvalue weighted by atomic mass is 10.1. The van der Waals surface area contributed by atoms with Crippen LogP contribution in [0.4, 0.5) is 0 Å². The summed E-state index contributed by atoms with van der Waals surface area (Å²) in [5.41, 5.74) is 1.29. The average molecular weight is 334 g/mol. The number of amides is 1. The summed E-state index contributed by atoms with van der Waals surface area (Å²) in [6.07, 6.45) is 1.88. The molecule has 0 bridgehead atoms. The van der Waals surface area contributed by atoms with Crippen molar-refractivity contribution in [1.82, 2.24) is 20.1 Å². The maximum Gasteiger partial charge on any atom is 0.253 e. The molecule has 0 unspecified atom stereocenters. The van der Waals surface area contributed by atoms with Crippen LogP contribution < -0.4 is 0 Å². The molecule has 0 saturated carbocycles. The van der Waals surface area contributed by atoms with Crippen molar-refractivity contribution in [2.45, 2.75) is 18.6 Å².